The molecule has 2 N–H and O–H groups in total. The number of piperidine rings is 1. The van der Waals surface area contributed by atoms with Gasteiger partial charge in [0.25, 0.3) is 5.91 Å². The van der Waals surface area contributed by atoms with Gasteiger partial charge in [-0.15, -0.1) is 0 Å². The van der Waals surface area contributed by atoms with Crippen molar-refractivity contribution in [3.63, 3.8) is 0 Å². The zero-order chi connectivity index (χ0) is 20.3. The second-order valence-corrected chi connectivity index (χ2v) is 7.97. The van der Waals surface area contributed by atoms with Crippen molar-refractivity contribution in [3.8, 4) is 11.1 Å². The number of hydrogen-bond donors (Lipinski definition) is 1. The molecule has 152 valence electrons. The molecule has 0 spiro atoms. The predicted molar refractivity (Wildman–Crippen MR) is 108 cm³/mol. The highest BCUT2D eigenvalue weighted by atomic mass is 16.5. The van der Waals surface area contributed by atoms with Crippen LogP contribution in [0.15, 0.2) is 43.0 Å². The maximum Gasteiger partial charge on any atom is 0.251 e. The first-order valence-corrected chi connectivity index (χ1v) is 10.1. The minimum Gasteiger partial charge on any atom is -0.369 e. The Bertz CT molecular complexity index is 883. The van der Waals surface area contributed by atoms with E-state index in [0.29, 0.717) is 32.5 Å². The number of hydrogen-bond acceptors (Lipinski definition) is 5. The van der Waals surface area contributed by atoms with Crippen LogP contribution in [0.1, 0.15) is 31.2 Å². The highest BCUT2D eigenvalue weighted by molar-refractivity contribution is 5.85. The van der Waals surface area contributed by atoms with E-state index in [2.05, 4.69) is 9.97 Å². The van der Waals surface area contributed by atoms with Crippen molar-refractivity contribution in [2.24, 2.45) is 11.1 Å². The molecular weight excluding hydrogens is 368 g/mol. The van der Waals surface area contributed by atoms with Gasteiger partial charge >= 0.3 is 0 Å². The van der Waals surface area contributed by atoms with Gasteiger partial charge in [0.1, 0.15) is 12.4 Å². The number of nitrogens with two attached hydrogens (primary N) is 1. The van der Waals surface area contributed by atoms with E-state index >= 15 is 0 Å². The van der Waals surface area contributed by atoms with Gasteiger partial charge in [-0.1, -0.05) is 24.3 Å². The second-order valence-electron chi connectivity index (χ2n) is 7.97. The molecule has 2 aliphatic rings. The van der Waals surface area contributed by atoms with E-state index in [9.17, 15) is 9.59 Å². The van der Waals surface area contributed by atoms with Crippen molar-refractivity contribution in [2.75, 3.05) is 19.7 Å². The third-order valence-electron chi connectivity index (χ3n) is 6.03. The Labute approximate surface area is 170 Å². The van der Waals surface area contributed by atoms with Crippen LogP contribution in [-0.4, -0.2) is 52.5 Å². The SMILES string of the molecule is NC(=O)[C@@]1(Cc2ccccc2-c2cncnc2)CCCN(C(=O)[C@H]2CCCO2)C1. The maximum absolute atomic E-state index is 12.9. The van der Waals surface area contributed by atoms with Crippen molar-refractivity contribution in [1.29, 1.82) is 0 Å². The Morgan fingerprint density at radius 3 is 2.72 bits per heavy atom. The van der Waals surface area contributed by atoms with Gasteiger partial charge in [-0.05, 0) is 43.2 Å². The van der Waals surface area contributed by atoms with Crippen molar-refractivity contribution in [1.82, 2.24) is 14.9 Å². The third-order valence-corrected chi connectivity index (χ3v) is 6.03. The molecule has 4 rings (SSSR count). The van der Waals surface area contributed by atoms with Crippen LogP contribution in [0.5, 0.6) is 0 Å². The van der Waals surface area contributed by atoms with E-state index in [4.69, 9.17) is 10.5 Å². The maximum atomic E-state index is 12.9. The molecule has 0 bridgehead atoms. The lowest BCUT2D eigenvalue weighted by atomic mass is 9.73. The number of rotatable bonds is 5. The van der Waals surface area contributed by atoms with Crippen LogP contribution in [-0.2, 0) is 20.7 Å². The lowest BCUT2D eigenvalue weighted by Gasteiger charge is -2.41. The van der Waals surface area contributed by atoms with Gasteiger partial charge in [-0.25, -0.2) is 9.97 Å². The molecule has 0 radical (unpaired) electrons. The summed E-state index contributed by atoms with van der Waals surface area (Å²) < 4.78 is 5.57. The number of aromatic nitrogens is 2. The second kappa shape index (κ2) is 8.29. The summed E-state index contributed by atoms with van der Waals surface area (Å²) in [7, 11) is 0. The van der Waals surface area contributed by atoms with Gasteiger partial charge in [-0.2, -0.15) is 0 Å². The van der Waals surface area contributed by atoms with Crippen LogP contribution in [0.25, 0.3) is 11.1 Å². The van der Waals surface area contributed by atoms with Crippen LogP contribution in [0, 0.1) is 5.41 Å². The van der Waals surface area contributed by atoms with Crippen LogP contribution < -0.4 is 5.73 Å². The molecule has 0 unspecified atom stereocenters. The zero-order valence-corrected chi connectivity index (χ0v) is 16.4. The summed E-state index contributed by atoms with van der Waals surface area (Å²) in [4.78, 5) is 35.5. The van der Waals surface area contributed by atoms with Crippen molar-refractivity contribution >= 4 is 11.8 Å². The molecule has 2 saturated heterocycles. The molecule has 7 nitrogen and oxygen atoms in total. The minimum atomic E-state index is -0.793. The quantitative estimate of drug-likeness (QED) is 0.836. The van der Waals surface area contributed by atoms with E-state index in [0.717, 1.165) is 36.0 Å². The Kier molecular flexibility index (Phi) is 5.58. The molecule has 1 aromatic carbocycles. The highest BCUT2D eigenvalue weighted by Crippen LogP contribution is 2.37. The molecule has 0 saturated carbocycles. The number of carbonyl (C=O) groups is 2. The summed E-state index contributed by atoms with van der Waals surface area (Å²) in [6, 6.07) is 7.92. The summed E-state index contributed by atoms with van der Waals surface area (Å²) >= 11 is 0. The standard InChI is InChI=1S/C22H26N4O3/c23-21(28)22(8-4-9-26(14-22)20(27)19-7-3-10-29-19)11-16-5-1-2-6-18(16)17-12-24-15-25-13-17/h1-2,5-6,12-13,15,19H,3-4,7-11,14H2,(H2,23,28)/t19-,22-/m1/s1. The normalized spacial score (nSPS) is 24.4. The van der Waals surface area contributed by atoms with Gasteiger partial charge in [0.15, 0.2) is 0 Å². The Hall–Kier alpha value is -2.80. The van der Waals surface area contributed by atoms with Crippen molar-refractivity contribution < 1.29 is 14.3 Å². The average Bonchev–Trinajstić information content (AvgIpc) is 3.29. The lowest BCUT2D eigenvalue weighted by Crippen LogP contribution is -2.55. The zero-order valence-electron chi connectivity index (χ0n) is 16.4. The fourth-order valence-electron chi connectivity index (χ4n) is 4.49. The number of amides is 2. The molecular formula is C22H26N4O3. The average molecular weight is 394 g/mol. The Morgan fingerprint density at radius 2 is 2.00 bits per heavy atom. The van der Waals surface area contributed by atoms with E-state index in [1.54, 1.807) is 17.3 Å². The van der Waals surface area contributed by atoms with Gasteiger partial charge in [0.2, 0.25) is 5.91 Å². The molecule has 7 heteroatoms. The Balaban J connectivity index is 1.61. The summed E-state index contributed by atoms with van der Waals surface area (Å²) in [6.07, 6.45) is 8.17. The van der Waals surface area contributed by atoms with Crippen LogP contribution in [0.3, 0.4) is 0 Å². The molecule has 2 aliphatic heterocycles. The molecule has 29 heavy (non-hydrogen) atoms. The number of benzene rings is 1. The van der Waals surface area contributed by atoms with Crippen LogP contribution in [0.4, 0.5) is 0 Å². The molecule has 2 fully saturated rings. The van der Waals surface area contributed by atoms with Gasteiger partial charge in [0.05, 0.1) is 5.41 Å². The summed E-state index contributed by atoms with van der Waals surface area (Å²) in [6.45, 7) is 1.60. The Morgan fingerprint density at radius 1 is 1.21 bits per heavy atom. The number of nitrogens with zero attached hydrogens (tertiary/aromatic N) is 3. The molecule has 0 aliphatic carbocycles. The molecule has 3 heterocycles. The van der Waals surface area contributed by atoms with E-state index in [-0.39, 0.29) is 17.9 Å². The number of likely N-dealkylation sites (tertiary alicyclic amines) is 1. The molecule has 2 aromatic rings. The summed E-state index contributed by atoms with van der Waals surface area (Å²) in [5.41, 5.74) is 8.01. The van der Waals surface area contributed by atoms with Gasteiger partial charge < -0.3 is 15.4 Å². The number of primary amides is 1. The van der Waals surface area contributed by atoms with Crippen LogP contribution >= 0.6 is 0 Å². The molecule has 1 aromatic heterocycles. The topological polar surface area (TPSA) is 98.4 Å². The van der Waals surface area contributed by atoms with Gasteiger partial charge in [0, 0.05) is 37.7 Å². The van der Waals surface area contributed by atoms with Crippen molar-refractivity contribution in [3.05, 3.63) is 48.5 Å². The number of carbonyl (C=O) groups excluding carboxylic acids is 2. The number of ether oxygens (including phenoxy) is 1. The molecule has 2 atom stereocenters. The fourth-order valence-corrected chi connectivity index (χ4v) is 4.49. The van der Waals surface area contributed by atoms with Crippen LogP contribution in [0.2, 0.25) is 0 Å². The van der Waals surface area contributed by atoms with E-state index < -0.39 is 5.41 Å². The lowest BCUT2D eigenvalue weighted by molar-refractivity contribution is -0.147. The first-order valence-electron chi connectivity index (χ1n) is 10.1. The summed E-state index contributed by atoms with van der Waals surface area (Å²) in [5.74, 6) is -0.376. The smallest absolute Gasteiger partial charge is 0.251 e. The monoisotopic (exact) mass is 394 g/mol. The first kappa shape index (κ1) is 19.5. The summed E-state index contributed by atoms with van der Waals surface area (Å²) in [5, 5.41) is 0. The largest absolute Gasteiger partial charge is 0.369 e. The first-order chi connectivity index (χ1) is 14.1. The highest BCUT2D eigenvalue weighted by Gasteiger charge is 2.44. The van der Waals surface area contributed by atoms with E-state index in [1.165, 1.54) is 6.33 Å². The minimum absolute atomic E-state index is 0.0161. The third kappa shape index (κ3) is 4.00. The van der Waals surface area contributed by atoms with Crippen molar-refractivity contribution in [2.45, 2.75) is 38.2 Å². The van der Waals surface area contributed by atoms with E-state index in [1.807, 2.05) is 24.3 Å². The predicted octanol–water partition coefficient (Wildman–Crippen LogP) is 1.96. The fraction of sp³-hybridized carbons (Fsp3) is 0.455. The van der Waals surface area contributed by atoms with Gasteiger partial charge in [-0.3, -0.25) is 9.59 Å². The molecule has 2 amide bonds.